The van der Waals surface area contributed by atoms with Gasteiger partial charge in [-0.05, 0) is 53.8 Å². The van der Waals surface area contributed by atoms with Crippen LogP contribution >= 0.6 is 11.3 Å². The van der Waals surface area contributed by atoms with Crippen LogP contribution in [0.4, 0.5) is 10.1 Å². The molecule has 2 aromatic carbocycles. The maximum absolute atomic E-state index is 13.7. The normalized spacial score (nSPS) is 18.5. The zero-order chi connectivity index (χ0) is 24.8. The number of rotatable bonds is 5. The summed E-state index contributed by atoms with van der Waals surface area (Å²) in [4.78, 5) is 3.01. The topological polar surface area (TPSA) is 99.2 Å². The van der Waals surface area contributed by atoms with E-state index in [1.54, 1.807) is 19.1 Å². The average Bonchev–Trinajstić information content (AvgIpc) is 3.35. The molecule has 2 aliphatic rings. The lowest BCUT2D eigenvalue weighted by molar-refractivity contribution is 0.209. The Morgan fingerprint density at radius 3 is 2.57 bits per heavy atom. The van der Waals surface area contributed by atoms with Crippen LogP contribution in [0.3, 0.4) is 0 Å². The number of hydrogen-bond acceptors (Lipinski definition) is 7. The molecular weight excluding hydrogens is 511 g/mol. The van der Waals surface area contributed by atoms with Crippen molar-refractivity contribution in [2.75, 3.05) is 38.0 Å². The van der Waals surface area contributed by atoms with Gasteiger partial charge >= 0.3 is 0 Å². The maximum Gasteiger partial charge on any atom is 0.286 e. The first-order valence-electron chi connectivity index (χ1n) is 10.9. The molecule has 35 heavy (non-hydrogen) atoms. The number of piperazine rings is 1. The van der Waals surface area contributed by atoms with Gasteiger partial charge in [-0.15, -0.1) is 15.7 Å². The summed E-state index contributed by atoms with van der Waals surface area (Å²) in [5.41, 5.74) is 1.77. The van der Waals surface area contributed by atoms with Gasteiger partial charge in [-0.2, -0.15) is 12.7 Å². The molecule has 1 saturated heterocycles. The largest absolute Gasteiger partial charge is 0.341 e. The molecule has 3 heterocycles. The summed E-state index contributed by atoms with van der Waals surface area (Å²) in [6.45, 7) is 3.06. The first-order chi connectivity index (χ1) is 16.6. The number of benzene rings is 2. The van der Waals surface area contributed by atoms with E-state index in [9.17, 15) is 21.2 Å². The van der Waals surface area contributed by atoms with E-state index in [1.807, 2.05) is 28.5 Å². The molecule has 0 spiro atoms. The average molecular weight is 535 g/mol. The van der Waals surface area contributed by atoms with Crippen LogP contribution in [0.25, 0.3) is 10.4 Å². The third kappa shape index (κ3) is 4.76. The fraction of sp³-hybridized carbons (Fsp3) is 0.261. The second-order valence-corrected chi connectivity index (χ2v) is 12.8. The Morgan fingerprint density at radius 2 is 1.86 bits per heavy atom. The second-order valence-electron chi connectivity index (χ2n) is 8.42. The third-order valence-electron chi connectivity index (χ3n) is 6.05. The van der Waals surface area contributed by atoms with Gasteiger partial charge in [-0.3, -0.25) is 4.90 Å². The molecule has 184 valence electrons. The smallest absolute Gasteiger partial charge is 0.286 e. The zero-order valence-electron chi connectivity index (χ0n) is 18.8. The molecule has 2 aliphatic heterocycles. The molecule has 3 aromatic rings. The van der Waals surface area contributed by atoms with Gasteiger partial charge in [0.25, 0.3) is 10.0 Å². The number of fused-ring (bicyclic) bond motifs is 1. The van der Waals surface area contributed by atoms with Crippen molar-refractivity contribution in [3.63, 3.8) is 0 Å². The number of nitrogens with one attached hydrogen (secondary N) is 1. The number of amidine groups is 1. The number of nitrogens with zero attached hydrogens (tertiary/aromatic N) is 3. The molecule has 5 rings (SSSR count). The molecule has 0 radical (unpaired) electrons. The van der Waals surface area contributed by atoms with Gasteiger partial charge in [0.05, 0.1) is 17.1 Å². The zero-order valence-corrected chi connectivity index (χ0v) is 21.3. The van der Waals surface area contributed by atoms with Crippen molar-refractivity contribution in [1.82, 2.24) is 9.21 Å². The maximum atomic E-state index is 13.7. The van der Waals surface area contributed by atoms with E-state index in [1.165, 1.54) is 27.8 Å². The van der Waals surface area contributed by atoms with Gasteiger partial charge in [0.1, 0.15) is 16.5 Å². The van der Waals surface area contributed by atoms with Crippen molar-refractivity contribution in [1.29, 1.82) is 0 Å². The molecular formula is C23H23FN4O4S3. The summed E-state index contributed by atoms with van der Waals surface area (Å²) in [5.74, 6) is -0.308. The van der Waals surface area contributed by atoms with Crippen molar-refractivity contribution in [3.05, 3.63) is 65.3 Å². The molecule has 0 bridgehead atoms. The van der Waals surface area contributed by atoms with Crippen molar-refractivity contribution in [3.8, 4) is 10.4 Å². The van der Waals surface area contributed by atoms with Gasteiger partial charge in [-0.25, -0.2) is 12.8 Å². The highest BCUT2D eigenvalue weighted by atomic mass is 32.2. The molecule has 0 amide bonds. The predicted octanol–water partition coefficient (Wildman–Crippen LogP) is 3.38. The van der Waals surface area contributed by atoms with Gasteiger partial charge in [0.15, 0.2) is 0 Å². The van der Waals surface area contributed by atoms with Crippen LogP contribution in [0.15, 0.2) is 68.1 Å². The van der Waals surface area contributed by atoms with Crippen LogP contribution in [0.2, 0.25) is 0 Å². The monoisotopic (exact) mass is 534 g/mol. The summed E-state index contributed by atoms with van der Waals surface area (Å²) in [7, 11) is -7.70. The van der Waals surface area contributed by atoms with Crippen LogP contribution in [0.5, 0.6) is 0 Å². The molecule has 1 N–H and O–H groups in total. The molecule has 8 nitrogen and oxygen atoms in total. The number of hydrogen-bond donors (Lipinski definition) is 1. The Bertz CT molecular complexity index is 1510. The summed E-state index contributed by atoms with van der Waals surface area (Å²) in [6, 6.07) is 12.8. The van der Waals surface area contributed by atoms with Crippen molar-refractivity contribution >= 4 is 42.9 Å². The van der Waals surface area contributed by atoms with Crippen LogP contribution in [0.1, 0.15) is 5.56 Å². The fourth-order valence-electron chi connectivity index (χ4n) is 4.21. The van der Waals surface area contributed by atoms with Crippen LogP contribution in [0, 0.1) is 12.7 Å². The standard InChI is InChI=1S/C23H23FN4O4S3/c1-16-4-6-18(24)14-21(16)35(31,32)28-10-8-27(9-11-28)15-23-25-19-7-5-17(20-3-2-12-33-20)13-22(19)34(29,30)26-23/h2-7,12-14H,8-11,15H2,1H3,(H,25,26). The highest BCUT2D eigenvalue weighted by Gasteiger charge is 2.32. The molecule has 0 unspecified atom stereocenters. The Labute approximate surface area is 207 Å². The second kappa shape index (κ2) is 9.10. The number of aryl methyl sites for hydroxylation is 1. The summed E-state index contributed by atoms with van der Waals surface area (Å²) in [5, 5.41) is 5.05. The lowest BCUT2D eigenvalue weighted by atomic mass is 10.1. The van der Waals surface area contributed by atoms with E-state index in [0.717, 1.165) is 16.5 Å². The minimum atomic E-state index is -3.87. The minimum absolute atomic E-state index is 0.0334. The van der Waals surface area contributed by atoms with Gasteiger partial charge in [0.2, 0.25) is 10.0 Å². The first-order valence-corrected chi connectivity index (χ1v) is 14.7. The van der Waals surface area contributed by atoms with E-state index in [4.69, 9.17) is 0 Å². The van der Waals surface area contributed by atoms with Gasteiger partial charge < -0.3 is 5.32 Å². The van der Waals surface area contributed by atoms with E-state index >= 15 is 0 Å². The van der Waals surface area contributed by atoms with Crippen molar-refractivity contribution in [2.45, 2.75) is 16.7 Å². The van der Waals surface area contributed by atoms with Crippen LogP contribution in [-0.2, 0) is 20.0 Å². The Morgan fingerprint density at radius 1 is 1.09 bits per heavy atom. The number of anilines is 1. The molecule has 12 heteroatoms. The predicted molar refractivity (Wildman–Crippen MR) is 134 cm³/mol. The summed E-state index contributed by atoms with van der Waals surface area (Å²) < 4.78 is 70.8. The lowest BCUT2D eigenvalue weighted by Gasteiger charge is -2.34. The molecule has 0 aliphatic carbocycles. The first kappa shape index (κ1) is 24.1. The number of thiophene rings is 1. The lowest BCUT2D eigenvalue weighted by Crippen LogP contribution is -2.50. The Kier molecular flexibility index (Phi) is 6.26. The molecule has 1 fully saturated rings. The molecule has 0 atom stereocenters. The third-order valence-corrected chi connectivity index (χ3v) is 10.4. The minimum Gasteiger partial charge on any atom is -0.341 e. The van der Waals surface area contributed by atoms with E-state index < -0.39 is 25.9 Å². The van der Waals surface area contributed by atoms with Gasteiger partial charge in [-0.1, -0.05) is 18.2 Å². The van der Waals surface area contributed by atoms with Crippen molar-refractivity contribution < 1.29 is 21.2 Å². The highest BCUT2D eigenvalue weighted by Crippen LogP contribution is 2.34. The van der Waals surface area contributed by atoms with E-state index in [0.29, 0.717) is 30.2 Å². The van der Waals surface area contributed by atoms with Crippen LogP contribution < -0.4 is 5.32 Å². The highest BCUT2D eigenvalue weighted by molar-refractivity contribution is 7.90. The van der Waals surface area contributed by atoms with Gasteiger partial charge in [0, 0.05) is 31.1 Å². The quantitative estimate of drug-likeness (QED) is 0.539. The molecule has 1 aromatic heterocycles. The summed E-state index contributed by atoms with van der Waals surface area (Å²) in [6.07, 6.45) is 0. The Hall–Kier alpha value is -2.64. The number of halogens is 1. The number of sulfonamides is 2. The summed E-state index contributed by atoms with van der Waals surface area (Å²) >= 11 is 1.53. The SMILES string of the molecule is Cc1ccc(F)cc1S(=O)(=O)N1CCN(CC2=NS(=O)(=O)c3cc(-c4cccs4)ccc3N2)CC1. The van der Waals surface area contributed by atoms with Crippen molar-refractivity contribution in [2.24, 2.45) is 4.40 Å². The fourth-order valence-corrected chi connectivity index (χ4v) is 7.75. The molecule has 0 saturated carbocycles. The Balaban J connectivity index is 1.28. The van der Waals surface area contributed by atoms with E-state index in [-0.39, 0.29) is 29.4 Å². The van der Waals surface area contributed by atoms with Crippen LogP contribution in [-0.4, -0.2) is 64.6 Å². The van der Waals surface area contributed by atoms with E-state index in [2.05, 4.69) is 9.71 Å².